The Labute approximate surface area is 64.2 Å². The van der Waals surface area contributed by atoms with Gasteiger partial charge in [0.15, 0.2) is 0 Å². The van der Waals surface area contributed by atoms with E-state index in [0.717, 1.165) is 0 Å². The zero-order valence-electron chi connectivity index (χ0n) is 6.23. The Hall–Kier alpha value is -0.650. The second-order valence-electron chi connectivity index (χ2n) is 2.14. The van der Waals surface area contributed by atoms with Crippen molar-refractivity contribution in [1.82, 2.24) is 0 Å². The fraction of sp³-hybridized carbons (Fsp3) is 0.833. The van der Waals surface area contributed by atoms with Gasteiger partial charge in [-0.3, -0.25) is 0 Å². The van der Waals surface area contributed by atoms with Crippen molar-refractivity contribution < 1.29 is 24.9 Å². The van der Waals surface area contributed by atoms with Gasteiger partial charge in [-0.1, -0.05) is 0 Å². The summed E-state index contributed by atoms with van der Waals surface area (Å²) in [6.45, 7) is 0.501. The number of esters is 1. The first-order valence-corrected chi connectivity index (χ1v) is 3.21. The van der Waals surface area contributed by atoms with Crippen molar-refractivity contribution in [3.8, 4) is 0 Å². The van der Waals surface area contributed by atoms with Crippen LogP contribution in [0, 0.1) is 0 Å². The number of carbonyl (C=O) groups excluding carboxylic acids is 1. The number of aliphatic hydroxyl groups is 3. The van der Waals surface area contributed by atoms with Crippen molar-refractivity contribution in [3.63, 3.8) is 0 Å². The second kappa shape index (κ2) is 5.06. The van der Waals surface area contributed by atoms with Crippen molar-refractivity contribution in [1.29, 1.82) is 0 Å². The van der Waals surface area contributed by atoms with Crippen LogP contribution >= 0.6 is 0 Å². The lowest BCUT2D eigenvalue weighted by molar-refractivity contribution is -0.156. The van der Waals surface area contributed by atoms with Crippen LogP contribution in [0.15, 0.2) is 0 Å². The van der Waals surface area contributed by atoms with E-state index in [0.29, 0.717) is 0 Å². The second-order valence-corrected chi connectivity index (χ2v) is 2.14. The van der Waals surface area contributed by atoms with Gasteiger partial charge in [0.05, 0.1) is 6.61 Å². The predicted molar refractivity (Wildman–Crippen MR) is 35.7 cm³/mol. The molecule has 0 aliphatic rings. The van der Waals surface area contributed by atoms with E-state index in [-0.39, 0.29) is 6.61 Å². The van der Waals surface area contributed by atoms with Gasteiger partial charge in [-0.15, -0.1) is 0 Å². The minimum atomic E-state index is -1.19. The molecule has 0 bridgehead atoms. The van der Waals surface area contributed by atoms with Crippen LogP contribution in [0.4, 0.5) is 0 Å². The molecular formula is C6H12O5. The van der Waals surface area contributed by atoms with Crippen molar-refractivity contribution in [2.45, 2.75) is 19.1 Å². The molecule has 3 N–H and O–H groups in total. The SMILES string of the molecule is C[C@@H](O)C(=O)OCC(O)CO. The van der Waals surface area contributed by atoms with Crippen LogP contribution in [-0.4, -0.2) is 46.7 Å². The van der Waals surface area contributed by atoms with Crippen molar-refractivity contribution in [3.05, 3.63) is 0 Å². The molecule has 0 fully saturated rings. The average molecular weight is 164 g/mol. The highest BCUT2D eigenvalue weighted by Gasteiger charge is 2.12. The first kappa shape index (κ1) is 10.3. The lowest BCUT2D eigenvalue weighted by atomic mass is 10.4. The normalized spacial score (nSPS) is 15.6. The molecule has 5 nitrogen and oxygen atoms in total. The lowest BCUT2D eigenvalue weighted by Crippen LogP contribution is -2.26. The maximum atomic E-state index is 10.5. The van der Waals surface area contributed by atoms with E-state index >= 15 is 0 Å². The van der Waals surface area contributed by atoms with E-state index in [4.69, 9.17) is 15.3 Å². The molecule has 0 amide bonds. The standard InChI is InChI=1S/C6H12O5/c1-4(8)6(10)11-3-5(9)2-7/h4-5,7-9H,2-3H2,1H3/t4-,5?/m1/s1. The molecule has 0 aliphatic carbocycles. The molecule has 0 saturated heterocycles. The van der Waals surface area contributed by atoms with E-state index in [2.05, 4.69) is 4.74 Å². The summed E-state index contributed by atoms with van der Waals surface area (Å²) in [5.74, 6) is -0.808. The summed E-state index contributed by atoms with van der Waals surface area (Å²) in [7, 11) is 0. The number of hydrogen-bond acceptors (Lipinski definition) is 5. The number of rotatable bonds is 4. The fourth-order valence-electron chi connectivity index (χ4n) is 0.352. The van der Waals surface area contributed by atoms with Crippen molar-refractivity contribution in [2.24, 2.45) is 0 Å². The summed E-state index contributed by atoms with van der Waals surface area (Å²) in [6, 6.07) is 0. The summed E-state index contributed by atoms with van der Waals surface area (Å²) in [5, 5.41) is 25.6. The third-order valence-electron chi connectivity index (χ3n) is 0.970. The van der Waals surface area contributed by atoms with Crippen LogP contribution in [0.1, 0.15) is 6.92 Å². The van der Waals surface area contributed by atoms with Gasteiger partial charge in [-0.25, -0.2) is 4.79 Å². The summed E-state index contributed by atoms with van der Waals surface area (Å²) >= 11 is 0. The van der Waals surface area contributed by atoms with Gasteiger partial charge >= 0.3 is 5.97 Å². The highest BCUT2D eigenvalue weighted by Crippen LogP contribution is 1.89. The lowest BCUT2D eigenvalue weighted by Gasteiger charge is -2.09. The van der Waals surface area contributed by atoms with Gasteiger partial charge in [0.2, 0.25) is 0 Å². The van der Waals surface area contributed by atoms with E-state index in [9.17, 15) is 4.79 Å². The Bertz CT molecular complexity index is 122. The topological polar surface area (TPSA) is 87.0 Å². The van der Waals surface area contributed by atoms with Gasteiger partial charge in [0.1, 0.15) is 18.8 Å². The summed E-state index contributed by atoms with van der Waals surface area (Å²) in [4.78, 5) is 10.5. The maximum Gasteiger partial charge on any atom is 0.334 e. The molecule has 0 aliphatic heterocycles. The first-order valence-electron chi connectivity index (χ1n) is 3.21. The van der Waals surface area contributed by atoms with E-state index < -0.39 is 24.8 Å². The van der Waals surface area contributed by atoms with Crippen LogP contribution in [0.5, 0.6) is 0 Å². The minimum Gasteiger partial charge on any atom is -0.461 e. The Morgan fingerprint density at radius 2 is 2.09 bits per heavy atom. The monoisotopic (exact) mass is 164 g/mol. The molecule has 0 saturated carbocycles. The third kappa shape index (κ3) is 4.72. The molecule has 0 spiro atoms. The Morgan fingerprint density at radius 3 is 2.45 bits per heavy atom. The van der Waals surface area contributed by atoms with E-state index in [1.165, 1.54) is 6.92 Å². The van der Waals surface area contributed by atoms with Gasteiger partial charge in [-0.05, 0) is 6.92 Å². The molecule has 0 aromatic carbocycles. The molecule has 2 atom stereocenters. The Kier molecular flexibility index (Phi) is 4.76. The molecule has 0 rings (SSSR count). The molecule has 1 unspecified atom stereocenters. The number of carbonyl (C=O) groups is 1. The van der Waals surface area contributed by atoms with Gasteiger partial charge in [-0.2, -0.15) is 0 Å². The van der Waals surface area contributed by atoms with Gasteiger partial charge in [0, 0.05) is 0 Å². The molecule has 5 heteroatoms. The molecule has 11 heavy (non-hydrogen) atoms. The maximum absolute atomic E-state index is 10.5. The number of aliphatic hydroxyl groups excluding tert-OH is 3. The highest BCUT2D eigenvalue weighted by molar-refractivity contribution is 5.73. The van der Waals surface area contributed by atoms with Crippen LogP contribution in [0.3, 0.4) is 0 Å². The summed E-state index contributed by atoms with van der Waals surface area (Å²) in [5.41, 5.74) is 0. The quantitative estimate of drug-likeness (QED) is 0.429. The minimum absolute atomic E-state index is 0.291. The van der Waals surface area contributed by atoms with Crippen LogP contribution in [0.25, 0.3) is 0 Å². The molecule has 0 radical (unpaired) electrons. The van der Waals surface area contributed by atoms with Crippen LogP contribution < -0.4 is 0 Å². The van der Waals surface area contributed by atoms with Crippen molar-refractivity contribution >= 4 is 5.97 Å². The Morgan fingerprint density at radius 1 is 1.55 bits per heavy atom. The van der Waals surface area contributed by atoms with E-state index in [1.54, 1.807) is 0 Å². The average Bonchev–Trinajstić information content (AvgIpc) is 1.99. The zero-order valence-corrected chi connectivity index (χ0v) is 6.23. The molecule has 0 heterocycles. The van der Waals surface area contributed by atoms with Gasteiger partial charge < -0.3 is 20.1 Å². The zero-order chi connectivity index (χ0) is 8.85. The predicted octanol–water partition coefficient (Wildman–Crippen LogP) is -1.74. The number of ether oxygens (including phenoxy) is 1. The van der Waals surface area contributed by atoms with Crippen molar-refractivity contribution in [2.75, 3.05) is 13.2 Å². The van der Waals surface area contributed by atoms with E-state index in [1.807, 2.05) is 0 Å². The van der Waals surface area contributed by atoms with Crippen LogP contribution in [-0.2, 0) is 9.53 Å². The molecule has 0 aromatic rings. The summed E-state index contributed by atoms with van der Waals surface area (Å²) < 4.78 is 4.36. The molecular weight excluding hydrogens is 152 g/mol. The third-order valence-corrected chi connectivity index (χ3v) is 0.970. The molecule has 66 valence electrons. The highest BCUT2D eigenvalue weighted by atomic mass is 16.6. The largest absolute Gasteiger partial charge is 0.461 e. The first-order chi connectivity index (χ1) is 5.07. The summed E-state index contributed by atoms with van der Waals surface area (Å²) in [6.07, 6.45) is -2.27. The van der Waals surface area contributed by atoms with Gasteiger partial charge in [0.25, 0.3) is 0 Å². The Balaban J connectivity index is 3.46. The number of hydrogen-bond donors (Lipinski definition) is 3. The molecule has 0 aromatic heterocycles. The fourth-order valence-corrected chi connectivity index (χ4v) is 0.352. The smallest absolute Gasteiger partial charge is 0.334 e. The van der Waals surface area contributed by atoms with Crippen LogP contribution in [0.2, 0.25) is 0 Å².